The molecule has 6 heteroatoms. The van der Waals surface area contributed by atoms with Crippen molar-refractivity contribution in [2.75, 3.05) is 18.1 Å². The molecule has 5 nitrogen and oxygen atoms in total. The highest BCUT2D eigenvalue weighted by Gasteiger charge is 2.25. The van der Waals surface area contributed by atoms with E-state index < -0.39 is 10.0 Å². The van der Waals surface area contributed by atoms with Gasteiger partial charge in [0.1, 0.15) is 0 Å². The van der Waals surface area contributed by atoms with Crippen molar-refractivity contribution < 1.29 is 13.2 Å². The Morgan fingerprint density at radius 3 is 2.33 bits per heavy atom. The number of nitrogens with two attached hydrogens (primary N) is 1. The van der Waals surface area contributed by atoms with Gasteiger partial charge in [-0.1, -0.05) is 18.2 Å². The van der Waals surface area contributed by atoms with E-state index in [4.69, 9.17) is 10.5 Å². The van der Waals surface area contributed by atoms with E-state index in [1.165, 1.54) is 4.31 Å². The molecule has 0 aliphatic heterocycles. The van der Waals surface area contributed by atoms with E-state index in [1.54, 1.807) is 6.07 Å². The predicted molar refractivity (Wildman–Crippen MR) is 86.4 cm³/mol. The number of para-hydroxylation sites is 1. The Bertz CT molecular complexity index is 542. The molecule has 0 aliphatic rings. The van der Waals surface area contributed by atoms with Gasteiger partial charge < -0.3 is 10.5 Å². The molecule has 0 spiro atoms. The molecule has 21 heavy (non-hydrogen) atoms. The van der Waals surface area contributed by atoms with Gasteiger partial charge in [-0.3, -0.25) is 0 Å². The second-order valence-electron chi connectivity index (χ2n) is 5.57. The molecule has 1 aromatic rings. The smallest absolute Gasteiger partial charge is 0.216 e. The minimum atomic E-state index is -3.38. The molecule has 0 heterocycles. The van der Waals surface area contributed by atoms with Gasteiger partial charge in [0.25, 0.3) is 0 Å². The highest BCUT2D eigenvalue weighted by atomic mass is 32.2. The van der Waals surface area contributed by atoms with Crippen LogP contribution in [0.2, 0.25) is 0 Å². The van der Waals surface area contributed by atoms with E-state index in [2.05, 4.69) is 0 Å². The molecule has 2 N–H and O–H groups in total. The van der Waals surface area contributed by atoms with Gasteiger partial charge in [-0.15, -0.1) is 0 Å². The Morgan fingerprint density at radius 1 is 1.19 bits per heavy atom. The Kier molecular flexibility index (Phi) is 6.64. The fourth-order valence-electron chi connectivity index (χ4n) is 1.95. The van der Waals surface area contributed by atoms with Crippen LogP contribution in [-0.4, -0.2) is 37.2 Å². The zero-order valence-corrected chi connectivity index (χ0v) is 14.1. The van der Waals surface area contributed by atoms with Gasteiger partial charge in [0.15, 0.2) is 0 Å². The molecule has 0 aromatic heterocycles. The number of nitrogens with zero attached hydrogens (tertiary/aromatic N) is 1. The molecule has 0 saturated heterocycles. The molecule has 0 fully saturated rings. The zero-order chi connectivity index (χ0) is 16.0. The number of hydrogen-bond donors (Lipinski definition) is 1. The normalized spacial score (nSPS) is 12.5. The lowest BCUT2D eigenvalue weighted by atomic mass is 10.2. The first-order chi connectivity index (χ1) is 9.74. The molecule has 1 rings (SSSR count). The third-order valence-corrected chi connectivity index (χ3v) is 5.05. The zero-order valence-electron chi connectivity index (χ0n) is 13.2. The first-order valence-electron chi connectivity index (χ1n) is 7.18. The molecule has 0 saturated carbocycles. The lowest BCUT2D eigenvalue weighted by Crippen LogP contribution is -2.39. The van der Waals surface area contributed by atoms with Crippen molar-refractivity contribution in [2.24, 2.45) is 0 Å². The first-order valence-corrected chi connectivity index (χ1v) is 8.79. The summed E-state index contributed by atoms with van der Waals surface area (Å²) >= 11 is 0. The minimum Gasteiger partial charge on any atom is -0.398 e. The number of benzene rings is 1. The summed E-state index contributed by atoms with van der Waals surface area (Å²) < 4.78 is 31.8. The Labute approximate surface area is 128 Å². The van der Waals surface area contributed by atoms with Crippen molar-refractivity contribution in [1.29, 1.82) is 0 Å². The lowest BCUT2D eigenvalue weighted by Gasteiger charge is -2.26. The van der Waals surface area contributed by atoms with Crippen LogP contribution in [0.15, 0.2) is 24.3 Å². The van der Waals surface area contributed by atoms with Crippen LogP contribution in [0.25, 0.3) is 0 Å². The van der Waals surface area contributed by atoms with Crippen LogP contribution in [0.1, 0.15) is 33.3 Å². The summed E-state index contributed by atoms with van der Waals surface area (Å²) in [6.45, 7) is 7.98. The quantitative estimate of drug-likeness (QED) is 0.747. The lowest BCUT2D eigenvalue weighted by molar-refractivity contribution is 0.0905. The van der Waals surface area contributed by atoms with Gasteiger partial charge in [0.05, 0.1) is 18.5 Å². The van der Waals surface area contributed by atoms with Crippen LogP contribution in [0, 0.1) is 0 Å². The van der Waals surface area contributed by atoms with E-state index in [0.29, 0.717) is 5.69 Å². The fourth-order valence-corrected chi connectivity index (χ4v) is 3.47. The third kappa shape index (κ3) is 5.65. The summed E-state index contributed by atoms with van der Waals surface area (Å²) in [5, 5.41) is 0. The number of hydrogen-bond acceptors (Lipinski definition) is 4. The van der Waals surface area contributed by atoms with Gasteiger partial charge in [0, 0.05) is 18.3 Å². The average Bonchev–Trinajstić information content (AvgIpc) is 2.36. The summed E-state index contributed by atoms with van der Waals surface area (Å²) in [6, 6.07) is 7.20. The van der Waals surface area contributed by atoms with Crippen LogP contribution in [-0.2, 0) is 21.3 Å². The Hall–Kier alpha value is -1.11. The van der Waals surface area contributed by atoms with Crippen LogP contribution in [0.5, 0.6) is 0 Å². The monoisotopic (exact) mass is 314 g/mol. The molecule has 0 atom stereocenters. The highest BCUT2D eigenvalue weighted by molar-refractivity contribution is 7.89. The van der Waals surface area contributed by atoms with E-state index in [-0.39, 0.29) is 31.1 Å². The second kappa shape index (κ2) is 7.77. The van der Waals surface area contributed by atoms with Crippen molar-refractivity contribution >= 4 is 15.7 Å². The first kappa shape index (κ1) is 17.9. The maximum absolute atomic E-state index is 12.5. The SMILES string of the molecule is CC(C)OCCS(=O)(=O)N(Cc1ccccc1N)C(C)C. The van der Waals surface area contributed by atoms with Crippen LogP contribution < -0.4 is 5.73 Å². The largest absolute Gasteiger partial charge is 0.398 e. The van der Waals surface area contributed by atoms with Crippen LogP contribution in [0.4, 0.5) is 5.69 Å². The fraction of sp³-hybridized carbons (Fsp3) is 0.600. The highest BCUT2D eigenvalue weighted by Crippen LogP contribution is 2.18. The summed E-state index contributed by atoms with van der Waals surface area (Å²) in [7, 11) is -3.38. The van der Waals surface area contributed by atoms with Crippen molar-refractivity contribution in [3.63, 3.8) is 0 Å². The predicted octanol–water partition coefficient (Wildman–Crippen LogP) is 2.23. The van der Waals surface area contributed by atoms with E-state index in [0.717, 1.165) is 5.56 Å². The number of ether oxygens (including phenoxy) is 1. The van der Waals surface area contributed by atoms with Gasteiger partial charge in [0.2, 0.25) is 10.0 Å². The number of nitrogen functional groups attached to an aromatic ring is 1. The van der Waals surface area contributed by atoms with Gasteiger partial charge in [-0.05, 0) is 39.3 Å². The summed E-state index contributed by atoms with van der Waals surface area (Å²) in [5.74, 6) is -0.0178. The summed E-state index contributed by atoms with van der Waals surface area (Å²) in [6.07, 6.45) is 0.0254. The molecule has 120 valence electrons. The molecule has 0 bridgehead atoms. The molecule has 1 aromatic carbocycles. The van der Waals surface area contributed by atoms with Crippen molar-refractivity contribution in [3.8, 4) is 0 Å². The topological polar surface area (TPSA) is 72.6 Å². The number of sulfonamides is 1. The van der Waals surface area contributed by atoms with Crippen molar-refractivity contribution in [1.82, 2.24) is 4.31 Å². The average molecular weight is 314 g/mol. The number of anilines is 1. The molecule has 0 amide bonds. The molecule has 0 aliphatic carbocycles. The molecular weight excluding hydrogens is 288 g/mol. The standard InChI is InChI=1S/C15H26N2O3S/c1-12(2)17(11-14-7-5-6-8-15(14)16)21(18,19)10-9-20-13(3)4/h5-8,12-13H,9-11,16H2,1-4H3. The molecular formula is C15H26N2O3S. The van der Waals surface area contributed by atoms with Gasteiger partial charge >= 0.3 is 0 Å². The van der Waals surface area contributed by atoms with Crippen molar-refractivity contribution in [3.05, 3.63) is 29.8 Å². The minimum absolute atomic E-state index is 0.0178. The van der Waals surface area contributed by atoms with Gasteiger partial charge in [-0.25, -0.2) is 8.42 Å². The van der Waals surface area contributed by atoms with Crippen LogP contribution in [0.3, 0.4) is 0 Å². The second-order valence-corrected chi connectivity index (χ2v) is 7.61. The molecule has 0 radical (unpaired) electrons. The number of rotatable bonds is 8. The van der Waals surface area contributed by atoms with E-state index in [9.17, 15) is 8.42 Å². The van der Waals surface area contributed by atoms with E-state index >= 15 is 0 Å². The van der Waals surface area contributed by atoms with Crippen LogP contribution >= 0.6 is 0 Å². The van der Waals surface area contributed by atoms with Gasteiger partial charge in [-0.2, -0.15) is 4.31 Å². The van der Waals surface area contributed by atoms with Crippen molar-refractivity contribution in [2.45, 2.75) is 46.4 Å². The Balaban J connectivity index is 2.84. The molecule has 0 unspecified atom stereocenters. The summed E-state index contributed by atoms with van der Waals surface area (Å²) in [4.78, 5) is 0. The maximum atomic E-state index is 12.5. The maximum Gasteiger partial charge on any atom is 0.216 e. The summed E-state index contributed by atoms with van der Waals surface area (Å²) in [5.41, 5.74) is 7.33. The Morgan fingerprint density at radius 2 is 1.81 bits per heavy atom. The third-order valence-electron chi connectivity index (χ3n) is 3.11. The van der Waals surface area contributed by atoms with E-state index in [1.807, 2.05) is 45.9 Å².